The predicted octanol–water partition coefficient (Wildman–Crippen LogP) is 2.50. The Labute approximate surface area is 105 Å². The Bertz CT molecular complexity index is 584. The smallest absolute Gasteiger partial charge is 0.129 e. The topological polar surface area (TPSA) is 59.1 Å². The number of hydrogen-bond acceptors (Lipinski definition) is 3. The summed E-state index contributed by atoms with van der Waals surface area (Å²) in [4.78, 5) is 3.99. The van der Waals surface area contributed by atoms with Crippen molar-refractivity contribution in [2.75, 3.05) is 5.73 Å². The Morgan fingerprint density at radius 1 is 1.28 bits per heavy atom. The van der Waals surface area contributed by atoms with Crippen molar-refractivity contribution in [3.05, 3.63) is 58.5 Å². The van der Waals surface area contributed by atoms with Gasteiger partial charge in [0.05, 0.1) is 0 Å². The number of aromatic nitrogens is 1. The molecule has 0 aliphatic heterocycles. The normalized spacial score (nSPS) is 12.4. The van der Waals surface area contributed by atoms with Crippen LogP contribution in [0.4, 0.5) is 10.2 Å². The minimum Gasteiger partial charge on any atom is -0.384 e. The van der Waals surface area contributed by atoms with Crippen molar-refractivity contribution in [1.29, 1.82) is 0 Å². The second kappa shape index (κ2) is 4.74. The zero-order chi connectivity index (χ0) is 13.3. The van der Waals surface area contributed by atoms with Gasteiger partial charge in [0.2, 0.25) is 0 Å². The first-order chi connectivity index (χ1) is 8.49. The molecule has 3 N–H and O–H groups in total. The maximum absolute atomic E-state index is 13.5. The monoisotopic (exact) mass is 246 g/mol. The molecule has 0 amide bonds. The Morgan fingerprint density at radius 2 is 2.00 bits per heavy atom. The van der Waals surface area contributed by atoms with E-state index in [-0.39, 0.29) is 11.6 Å². The van der Waals surface area contributed by atoms with Crippen LogP contribution < -0.4 is 5.73 Å². The summed E-state index contributed by atoms with van der Waals surface area (Å²) in [5, 5.41) is 10.2. The first-order valence-electron chi connectivity index (χ1n) is 5.65. The van der Waals surface area contributed by atoms with Crippen molar-refractivity contribution < 1.29 is 9.50 Å². The zero-order valence-corrected chi connectivity index (χ0v) is 10.3. The third-order valence-corrected chi connectivity index (χ3v) is 2.89. The van der Waals surface area contributed by atoms with Gasteiger partial charge in [0.1, 0.15) is 17.7 Å². The summed E-state index contributed by atoms with van der Waals surface area (Å²) in [5.41, 5.74) is 8.14. The van der Waals surface area contributed by atoms with E-state index in [1.807, 2.05) is 6.92 Å². The summed E-state index contributed by atoms with van der Waals surface area (Å²) in [6.45, 7) is 3.53. The molecule has 1 aromatic carbocycles. The van der Waals surface area contributed by atoms with Crippen molar-refractivity contribution in [3.8, 4) is 0 Å². The van der Waals surface area contributed by atoms with Gasteiger partial charge in [-0.25, -0.2) is 9.37 Å². The number of aliphatic hydroxyl groups excluding tert-OH is 1. The Hall–Kier alpha value is -1.94. The lowest BCUT2D eigenvalue weighted by atomic mass is 10.00. The number of benzene rings is 1. The van der Waals surface area contributed by atoms with Crippen molar-refractivity contribution >= 4 is 5.82 Å². The van der Waals surface area contributed by atoms with Gasteiger partial charge in [-0.05, 0) is 42.7 Å². The summed E-state index contributed by atoms with van der Waals surface area (Å²) in [6.07, 6.45) is 0.661. The average molecular weight is 246 g/mol. The minimum atomic E-state index is -0.965. The Morgan fingerprint density at radius 3 is 2.67 bits per heavy atom. The van der Waals surface area contributed by atoms with Crippen molar-refractivity contribution in [2.45, 2.75) is 20.0 Å². The van der Waals surface area contributed by atoms with Gasteiger partial charge in [-0.1, -0.05) is 12.1 Å². The van der Waals surface area contributed by atoms with Gasteiger partial charge in [-0.2, -0.15) is 0 Å². The first kappa shape index (κ1) is 12.5. The van der Waals surface area contributed by atoms with Crippen LogP contribution in [0.1, 0.15) is 28.4 Å². The zero-order valence-electron chi connectivity index (χ0n) is 10.3. The first-order valence-corrected chi connectivity index (χ1v) is 5.65. The van der Waals surface area contributed by atoms with Gasteiger partial charge < -0.3 is 10.8 Å². The molecular formula is C14H15FN2O. The van der Waals surface area contributed by atoms with Gasteiger partial charge in [0.25, 0.3) is 0 Å². The van der Waals surface area contributed by atoms with E-state index < -0.39 is 6.10 Å². The molecule has 1 atom stereocenters. The molecule has 3 nitrogen and oxygen atoms in total. The molecule has 1 aromatic heterocycles. The highest BCUT2D eigenvalue weighted by atomic mass is 19.1. The van der Waals surface area contributed by atoms with E-state index >= 15 is 0 Å². The van der Waals surface area contributed by atoms with E-state index in [0.717, 1.165) is 5.56 Å². The highest BCUT2D eigenvalue weighted by Crippen LogP contribution is 2.27. The summed E-state index contributed by atoms with van der Waals surface area (Å²) >= 11 is 0. The van der Waals surface area contributed by atoms with E-state index in [1.54, 1.807) is 31.3 Å². The van der Waals surface area contributed by atoms with Gasteiger partial charge in [-0.3, -0.25) is 0 Å². The van der Waals surface area contributed by atoms with Gasteiger partial charge in [0.15, 0.2) is 0 Å². The number of hydrogen-bond donors (Lipinski definition) is 2. The fourth-order valence-electron chi connectivity index (χ4n) is 1.78. The second-order valence-corrected chi connectivity index (χ2v) is 4.40. The predicted molar refractivity (Wildman–Crippen MR) is 68.6 cm³/mol. The highest BCUT2D eigenvalue weighted by molar-refractivity contribution is 5.46. The molecule has 2 aromatic rings. The fourth-order valence-corrected chi connectivity index (χ4v) is 1.78. The number of aryl methyl sites for hydroxylation is 2. The maximum atomic E-state index is 13.5. The van der Waals surface area contributed by atoms with E-state index in [1.165, 1.54) is 6.07 Å². The SMILES string of the molecule is Cc1cnc(N)c(C(O)c2ccc(C)c(F)c2)c1. The number of rotatable bonds is 2. The van der Waals surface area contributed by atoms with Crippen LogP contribution in [0.15, 0.2) is 30.5 Å². The van der Waals surface area contributed by atoms with E-state index in [2.05, 4.69) is 4.98 Å². The molecule has 2 rings (SSSR count). The van der Waals surface area contributed by atoms with Gasteiger partial charge >= 0.3 is 0 Å². The van der Waals surface area contributed by atoms with Crippen LogP contribution in [0.3, 0.4) is 0 Å². The molecule has 0 spiro atoms. The third-order valence-electron chi connectivity index (χ3n) is 2.89. The lowest BCUT2D eigenvalue weighted by Gasteiger charge is -2.14. The van der Waals surface area contributed by atoms with Gasteiger partial charge in [0, 0.05) is 11.8 Å². The lowest BCUT2D eigenvalue weighted by Crippen LogP contribution is -2.06. The molecule has 18 heavy (non-hydrogen) atoms. The van der Waals surface area contributed by atoms with Crippen LogP contribution in [0.25, 0.3) is 0 Å². The van der Waals surface area contributed by atoms with E-state index in [0.29, 0.717) is 16.7 Å². The largest absolute Gasteiger partial charge is 0.384 e. The Kier molecular flexibility index (Phi) is 3.30. The average Bonchev–Trinajstić information content (AvgIpc) is 2.35. The van der Waals surface area contributed by atoms with Crippen LogP contribution in [0, 0.1) is 19.7 Å². The third kappa shape index (κ3) is 2.33. The number of anilines is 1. The molecule has 0 bridgehead atoms. The molecular weight excluding hydrogens is 231 g/mol. The lowest BCUT2D eigenvalue weighted by molar-refractivity contribution is 0.220. The molecule has 1 unspecified atom stereocenters. The van der Waals surface area contributed by atoms with E-state index in [4.69, 9.17) is 5.73 Å². The summed E-state index contributed by atoms with van der Waals surface area (Å²) in [5.74, 6) is -0.0835. The molecule has 0 saturated heterocycles. The number of nitrogen functional groups attached to an aromatic ring is 1. The minimum absolute atomic E-state index is 0.258. The summed E-state index contributed by atoms with van der Waals surface area (Å²) in [6, 6.07) is 6.39. The van der Waals surface area contributed by atoms with Crippen LogP contribution in [-0.4, -0.2) is 10.1 Å². The van der Waals surface area contributed by atoms with Crippen LogP contribution in [0.2, 0.25) is 0 Å². The quantitative estimate of drug-likeness (QED) is 0.856. The van der Waals surface area contributed by atoms with E-state index in [9.17, 15) is 9.50 Å². The molecule has 0 radical (unpaired) electrons. The summed E-state index contributed by atoms with van der Waals surface area (Å²) < 4.78 is 13.5. The van der Waals surface area contributed by atoms with Crippen LogP contribution >= 0.6 is 0 Å². The molecule has 94 valence electrons. The molecule has 0 aliphatic rings. The van der Waals surface area contributed by atoms with Crippen LogP contribution in [-0.2, 0) is 0 Å². The molecule has 0 saturated carbocycles. The van der Waals surface area contributed by atoms with Gasteiger partial charge in [-0.15, -0.1) is 0 Å². The molecule has 0 aliphatic carbocycles. The number of nitrogens with zero attached hydrogens (tertiary/aromatic N) is 1. The van der Waals surface area contributed by atoms with Crippen LogP contribution in [0.5, 0.6) is 0 Å². The highest BCUT2D eigenvalue weighted by Gasteiger charge is 2.15. The summed E-state index contributed by atoms with van der Waals surface area (Å²) in [7, 11) is 0. The standard InChI is InChI=1S/C14H15FN2O/c1-8-5-11(14(16)17-7-8)13(18)10-4-3-9(2)12(15)6-10/h3-7,13,18H,1-2H3,(H2,16,17). The molecule has 0 fully saturated rings. The fraction of sp³-hybridized carbons (Fsp3) is 0.214. The Balaban J connectivity index is 2.44. The van der Waals surface area contributed by atoms with Crippen molar-refractivity contribution in [3.63, 3.8) is 0 Å². The second-order valence-electron chi connectivity index (χ2n) is 4.40. The maximum Gasteiger partial charge on any atom is 0.129 e. The molecule has 1 heterocycles. The van der Waals surface area contributed by atoms with Crippen molar-refractivity contribution in [2.24, 2.45) is 0 Å². The number of nitrogens with two attached hydrogens (primary N) is 1. The van der Waals surface area contributed by atoms with Crippen molar-refractivity contribution in [1.82, 2.24) is 4.98 Å². The number of aliphatic hydroxyl groups is 1. The number of pyridine rings is 1. The molecule has 4 heteroatoms. The number of halogens is 1.